The lowest BCUT2D eigenvalue weighted by Gasteiger charge is -2.21. The van der Waals surface area contributed by atoms with Crippen LogP contribution in [0.5, 0.6) is 0 Å². The fraction of sp³-hybridized carbons (Fsp3) is 0.571. The van der Waals surface area contributed by atoms with Crippen LogP contribution in [0.25, 0.3) is 0 Å². The molecule has 0 unspecified atom stereocenters. The molecule has 1 aliphatic rings. The molecule has 20 heavy (non-hydrogen) atoms. The number of hydrogen-bond acceptors (Lipinski definition) is 5. The van der Waals surface area contributed by atoms with Crippen LogP contribution in [0.4, 0.5) is 5.00 Å². The van der Waals surface area contributed by atoms with E-state index in [1.807, 2.05) is 13.8 Å². The minimum Gasteiger partial charge on any atom is -0.465 e. The number of rotatable bonds is 3. The van der Waals surface area contributed by atoms with Crippen molar-refractivity contribution in [3.05, 3.63) is 16.0 Å². The summed E-state index contributed by atoms with van der Waals surface area (Å²) in [6.07, 6.45) is 1.89. The summed E-state index contributed by atoms with van der Waals surface area (Å²) in [5.41, 5.74) is 1.35. The van der Waals surface area contributed by atoms with Gasteiger partial charge in [0.25, 0.3) is 0 Å². The van der Waals surface area contributed by atoms with Gasteiger partial charge in [-0.15, -0.1) is 11.3 Å². The zero-order valence-corrected chi connectivity index (χ0v) is 12.9. The van der Waals surface area contributed by atoms with Gasteiger partial charge >= 0.3 is 5.97 Å². The van der Waals surface area contributed by atoms with E-state index < -0.39 is 5.97 Å². The van der Waals surface area contributed by atoms with Crippen molar-refractivity contribution in [2.45, 2.75) is 26.7 Å². The summed E-state index contributed by atoms with van der Waals surface area (Å²) in [7, 11) is 1.35. The second-order valence-corrected chi connectivity index (χ2v) is 6.24. The first-order valence-electron chi connectivity index (χ1n) is 6.74. The number of carbonyl (C=O) groups excluding carboxylic acids is 2. The van der Waals surface area contributed by atoms with Crippen molar-refractivity contribution < 1.29 is 14.3 Å². The van der Waals surface area contributed by atoms with E-state index >= 15 is 0 Å². The van der Waals surface area contributed by atoms with Crippen molar-refractivity contribution in [2.75, 3.05) is 25.5 Å². The van der Waals surface area contributed by atoms with Crippen LogP contribution >= 0.6 is 11.3 Å². The fourth-order valence-electron chi connectivity index (χ4n) is 2.35. The number of esters is 1. The molecule has 1 aromatic heterocycles. The Hall–Kier alpha value is -1.40. The van der Waals surface area contributed by atoms with E-state index in [4.69, 9.17) is 4.74 Å². The molecule has 1 fully saturated rings. The number of anilines is 1. The van der Waals surface area contributed by atoms with Gasteiger partial charge in [0, 0.05) is 11.4 Å². The van der Waals surface area contributed by atoms with E-state index in [0.717, 1.165) is 29.8 Å². The van der Waals surface area contributed by atoms with Crippen molar-refractivity contribution in [1.29, 1.82) is 0 Å². The molecule has 1 atom stereocenters. The Morgan fingerprint density at radius 3 is 2.75 bits per heavy atom. The number of aryl methyl sites for hydroxylation is 1. The molecule has 2 N–H and O–H groups in total. The predicted octanol–water partition coefficient (Wildman–Crippen LogP) is 2.09. The topological polar surface area (TPSA) is 67.4 Å². The van der Waals surface area contributed by atoms with Gasteiger partial charge < -0.3 is 15.4 Å². The van der Waals surface area contributed by atoms with E-state index in [1.165, 1.54) is 18.4 Å². The van der Waals surface area contributed by atoms with Gasteiger partial charge in [0.1, 0.15) is 5.00 Å². The molecule has 0 spiro atoms. The average Bonchev–Trinajstić information content (AvgIpc) is 2.74. The van der Waals surface area contributed by atoms with Gasteiger partial charge in [-0.3, -0.25) is 4.79 Å². The summed E-state index contributed by atoms with van der Waals surface area (Å²) >= 11 is 1.42. The summed E-state index contributed by atoms with van der Waals surface area (Å²) in [6, 6.07) is 0. The van der Waals surface area contributed by atoms with E-state index in [-0.39, 0.29) is 11.8 Å². The molecule has 0 aromatic carbocycles. The quantitative estimate of drug-likeness (QED) is 0.838. The molecule has 1 amide bonds. The van der Waals surface area contributed by atoms with Gasteiger partial charge in [0.05, 0.1) is 18.6 Å². The Balaban J connectivity index is 2.18. The van der Waals surface area contributed by atoms with Gasteiger partial charge in [0.2, 0.25) is 5.91 Å². The van der Waals surface area contributed by atoms with Crippen LogP contribution in [-0.4, -0.2) is 32.1 Å². The molecule has 1 aromatic rings. The van der Waals surface area contributed by atoms with E-state index in [9.17, 15) is 9.59 Å². The van der Waals surface area contributed by atoms with Crippen molar-refractivity contribution in [3.63, 3.8) is 0 Å². The highest BCUT2D eigenvalue weighted by molar-refractivity contribution is 7.16. The van der Waals surface area contributed by atoms with Crippen molar-refractivity contribution in [2.24, 2.45) is 5.92 Å². The molecule has 2 heterocycles. The van der Waals surface area contributed by atoms with Gasteiger partial charge in [0.15, 0.2) is 0 Å². The van der Waals surface area contributed by atoms with Gasteiger partial charge in [-0.2, -0.15) is 0 Å². The Labute approximate surface area is 122 Å². The molecular weight excluding hydrogens is 276 g/mol. The highest BCUT2D eigenvalue weighted by atomic mass is 32.1. The van der Waals surface area contributed by atoms with Crippen molar-refractivity contribution >= 4 is 28.2 Å². The molecule has 6 heteroatoms. The minimum absolute atomic E-state index is 0.0244. The molecule has 0 saturated carbocycles. The SMILES string of the molecule is COC(=O)c1c(NC(=O)[C@H]2CCCNC2)sc(C)c1C. The van der Waals surface area contributed by atoms with Crippen LogP contribution in [0, 0.1) is 19.8 Å². The van der Waals surface area contributed by atoms with E-state index in [0.29, 0.717) is 17.1 Å². The largest absolute Gasteiger partial charge is 0.465 e. The molecular formula is C14H20N2O3S. The third kappa shape index (κ3) is 3.02. The van der Waals surface area contributed by atoms with Crippen LogP contribution in [0.3, 0.4) is 0 Å². The molecule has 1 saturated heterocycles. The smallest absolute Gasteiger partial charge is 0.341 e. The van der Waals surface area contributed by atoms with Crippen LogP contribution < -0.4 is 10.6 Å². The maximum Gasteiger partial charge on any atom is 0.341 e. The number of amides is 1. The maximum atomic E-state index is 12.3. The second-order valence-electron chi connectivity index (χ2n) is 5.01. The lowest BCUT2D eigenvalue weighted by atomic mass is 9.99. The molecule has 1 aliphatic heterocycles. The van der Waals surface area contributed by atoms with Gasteiger partial charge in [-0.05, 0) is 38.8 Å². The number of carbonyl (C=O) groups is 2. The standard InChI is InChI=1S/C14H20N2O3S/c1-8-9(2)20-13(11(8)14(18)19-3)16-12(17)10-5-4-6-15-7-10/h10,15H,4-7H2,1-3H3,(H,16,17)/t10-/m0/s1. The molecule has 110 valence electrons. The Kier molecular flexibility index (Phi) is 4.77. The van der Waals surface area contributed by atoms with Gasteiger partial charge in [-0.25, -0.2) is 4.79 Å². The summed E-state index contributed by atoms with van der Waals surface area (Å²) in [4.78, 5) is 25.1. The number of thiophene rings is 1. The Morgan fingerprint density at radius 2 is 2.15 bits per heavy atom. The zero-order chi connectivity index (χ0) is 14.7. The van der Waals surface area contributed by atoms with Crippen molar-refractivity contribution in [1.82, 2.24) is 5.32 Å². The molecule has 2 rings (SSSR count). The van der Waals surface area contributed by atoms with E-state index in [1.54, 1.807) is 0 Å². The fourth-order valence-corrected chi connectivity index (χ4v) is 3.40. The Bertz CT molecular complexity index is 519. The first-order valence-corrected chi connectivity index (χ1v) is 7.56. The third-order valence-corrected chi connectivity index (χ3v) is 4.80. The number of methoxy groups -OCH3 is 1. The number of hydrogen-bond donors (Lipinski definition) is 2. The summed E-state index contributed by atoms with van der Waals surface area (Å²) < 4.78 is 4.80. The average molecular weight is 296 g/mol. The normalized spacial score (nSPS) is 18.6. The molecule has 5 nitrogen and oxygen atoms in total. The lowest BCUT2D eigenvalue weighted by molar-refractivity contribution is -0.120. The third-order valence-electron chi connectivity index (χ3n) is 3.68. The highest BCUT2D eigenvalue weighted by Crippen LogP contribution is 2.33. The first kappa shape index (κ1) is 15.0. The summed E-state index contributed by atoms with van der Waals surface area (Å²) in [5.74, 6) is -0.454. The number of nitrogens with one attached hydrogen (secondary N) is 2. The predicted molar refractivity (Wildman–Crippen MR) is 79.4 cm³/mol. The highest BCUT2D eigenvalue weighted by Gasteiger charge is 2.25. The second kappa shape index (κ2) is 6.37. The zero-order valence-electron chi connectivity index (χ0n) is 12.0. The lowest BCUT2D eigenvalue weighted by Crippen LogP contribution is -2.37. The first-order chi connectivity index (χ1) is 9.54. The van der Waals surface area contributed by atoms with Crippen LogP contribution in [0.1, 0.15) is 33.6 Å². The number of piperidine rings is 1. The Morgan fingerprint density at radius 1 is 1.40 bits per heavy atom. The maximum absolute atomic E-state index is 12.3. The van der Waals surface area contributed by atoms with Crippen LogP contribution in [0.2, 0.25) is 0 Å². The molecule has 0 aliphatic carbocycles. The van der Waals surface area contributed by atoms with Crippen LogP contribution in [0.15, 0.2) is 0 Å². The monoisotopic (exact) mass is 296 g/mol. The van der Waals surface area contributed by atoms with Crippen LogP contribution in [-0.2, 0) is 9.53 Å². The van der Waals surface area contributed by atoms with Crippen molar-refractivity contribution in [3.8, 4) is 0 Å². The van der Waals surface area contributed by atoms with E-state index in [2.05, 4.69) is 10.6 Å². The summed E-state index contributed by atoms with van der Waals surface area (Å²) in [6.45, 7) is 5.47. The molecule has 0 radical (unpaired) electrons. The minimum atomic E-state index is -0.399. The van der Waals surface area contributed by atoms with Gasteiger partial charge in [-0.1, -0.05) is 0 Å². The summed E-state index contributed by atoms with van der Waals surface area (Å²) in [5, 5.41) is 6.71. The molecule has 0 bridgehead atoms. The number of ether oxygens (including phenoxy) is 1.